The predicted molar refractivity (Wildman–Crippen MR) is 144 cm³/mol. The second-order valence-electron chi connectivity index (χ2n) is 9.82. The number of likely N-dealkylation sites (N-methyl/N-ethyl adjacent to an activating group) is 1. The van der Waals surface area contributed by atoms with Crippen LogP contribution in [0.5, 0.6) is 5.75 Å². The van der Waals surface area contributed by atoms with Gasteiger partial charge in [-0.2, -0.15) is 0 Å². The summed E-state index contributed by atoms with van der Waals surface area (Å²) in [6.07, 6.45) is 2.65. The average Bonchev–Trinajstić information content (AvgIpc) is 3.29. The lowest BCUT2D eigenvalue weighted by Gasteiger charge is -2.29. The van der Waals surface area contributed by atoms with Gasteiger partial charge >= 0.3 is 6.09 Å². The fourth-order valence-corrected chi connectivity index (χ4v) is 4.27. The van der Waals surface area contributed by atoms with Crippen molar-refractivity contribution in [3.63, 3.8) is 0 Å². The van der Waals surface area contributed by atoms with E-state index in [9.17, 15) is 9.59 Å². The number of rotatable bonds is 8. The van der Waals surface area contributed by atoms with Gasteiger partial charge in [-0.15, -0.1) is 0 Å². The summed E-state index contributed by atoms with van der Waals surface area (Å²) in [5, 5.41) is 2.97. The van der Waals surface area contributed by atoms with Gasteiger partial charge in [0.1, 0.15) is 11.4 Å². The van der Waals surface area contributed by atoms with Crippen LogP contribution in [0.1, 0.15) is 57.3 Å². The van der Waals surface area contributed by atoms with Gasteiger partial charge in [0.15, 0.2) is 0 Å². The molecule has 2 aromatic carbocycles. The lowest BCUT2D eigenvalue weighted by molar-refractivity contribution is 0.0237. The predicted octanol–water partition coefficient (Wildman–Crippen LogP) is 6.33. The summed E-state index contributed by atoms with van der Waals surface area (Å²) in [4.78, 5) is 29.1. The first kappa shape index (κ1) is 26.9. The lowest BCUT2D eigenvalue weighted by Crippen LogP contribution is -2.42. The van der Waals surface area contributed by atoms with Gasteiger partial charge in [0.25, 0.3) is 5.91 Å². The van der Waals surface area contributed by atoms with Crippen LogP contribution in [0.25, 0.3) is 0 Å². The summed E-state index contributed by atoms with van der Waals surface area (Å²) >= 11 is 3.60. The van der Waals surface area contributed by atoms with E-state index in [-0.39, 0.29) is 18.0 Å². The number of hydrogen-bond acceptors (Lipinski definition) is 5. The normalized spacial score (nSPS) is 15.6. The van der Waals surface area contributed by atoms with Crippen molar-refractivity contribution in [2.24, 2.45) is 0 Å². The molecule has 1 saturated heterocycles. The maximum atomic E-state index is 12.7. The molecule has 35 heavy (non-hydrogen) atoms. The standard InChI is InChI=1S/C27H36BrN3O4/c1-6-7-16-34-22-11-8-19(9-12-22)25(32)29-24-13-10-20(17-23(24)28)31-15-14-21(18-31)30(5)26(33)35-27(2,3)4/h8-13,17,21H,6-7,14-16,18H2,1-5H3,(H,29,32). The molecule has 2 amide bonds. The molecule has 1 unspecified atom stereocenters. The Morgan fingerprint density at radius 2 is 1.89 bits per heavy atom. The summed E-state index contributed by atoms with van der Waals surface area (Å²) in [6.45, 7) is 9.97. The highest BCUT2D eigenvalue weighted by molar-refractivity contribution is 9.10. The van der Waals surface area contributed by atoms with Crippen LogP contribution in [0, 0.1) is 0 Å². The number of carbonyl (C=O) groups is 2. The number of hydrogen-bond donors (Lipinski definition) is 1. The van der Waals surface area contributed by atoms with Crippen LogP contribution in [0.4, 0.5) is 16.2 Å². The van der Waals surface area contributed by atoms with E-state index in [1.165, 1.54) is 0 Å². The maximum Gasteiger partial charge on any atom is 0.410 e. The SMILES string of the molecule is CCCCOc1ccc(C(=O)Nc2ccc(N3CCC(N(C)C(=O)OC(C)(C)C)C3)cc2Br)cc1. The molecule has 1 atom stereocenters. The van der Waals surface area contributed by atoms with Crippen molar-refractivity contribution < 1.29 is 19.1 Å². The topological polar surface area (TPSA) is 71.1 Å². The smallest absolute Gasteiger partial charge is 0.410 e. The molecule has 0 aromatic heterocycles. The van der Waals surface area contributed by atoms with Gasteiger partial charge in [-0.1, -0.05) is 13.3 Å². The minimum atomic E-state index is -0.515. The first-order chi connectivity index (χ1) is 16.6. The van der Waals surface area contributed by atoms with Gasteiger partial charge in [-0.25, -0.2) is 4.79 Å². The molecule has 0 radical (unpaired) electrons. The summed E-state index contributed by atoms with van der Waals surface area (Å²) in [7, 11) is 1.79. The van der Waals surface area contributed by atoms with Crippen LogP contribution in [0.3, 0.4) is 0 Å². The largest absolute Gasteiger partial charge is 0.494 e. The van der Waals surface area contributed by atoms with E-state index in [2.05, 4.69) is 33.1 Å². The monoisotopic (exact) mass is 545 g/mol. The first-order valence-electron chi connectivity index (χ1n) is 12.1. The minimum absolute atomic E-state index is 0.0805. The number of unbranched alkanes of at least 4 members (excludes halogenated alkanes) is 1. The zero-order valence-electron chi connectivity index (χ0n) is 21.3. The highest BCUT2D eigenvalue weighted by atomic mass is 79.9. The van der Waals surface area contributed by atoms with Gasteiger partial charge in [0.2, 0.25) is 0 Å². The molecule has 1 N–H and O–H groups in total. The van der Waals surface area contributed by atoms with Gasteiger partial charge in [0.05, 0.1) is 18.3 Å². The quantitative estimate of drug-likeness (QED) is 0.392. The van der Waals surface area contributed by atoms with Crippen LogP contribution in [0.2, 0.25) is 0 Å². The number of nitrogens with zero attached hydrogens (tertiary/aromatic N) is 2. The van der Waals surface area contributed by atoms with Gasteiger partial charge in [0, 0.05) is 35.9 Å². The molecule has 1 aliphatic rings. The van der Waals surface area contributed by atoms with Gasteiger partial charge in [-0.3, -0.25) is 4.79 Å². The number of ether oxygens (including phenoxy) is 2. The van der Waals surface area contributed by atoms with Crippen molar-refractivity contribution >= 4 is 39.3 Å². The summed E-state index contributed by atoms with van der Waals surface area (Å²) in [5.74, 6) is 0.584. The Bertz CT molecular complexity index is 1020. The minimum Gasteiger partial charge on any atom is -0.494 e. The van der Waals surface area contributed by atoms with Crippen molar-refractivity contribution in [3.05, 3.63) is 52.5 Å². The van der Waals surface area contributed by atoms with E-state index in [0.29, 0.717) is 17.9 Å². The Hall–Kier alpha value is -2.74. The Morgan fingerprint density at radius 3 is 2.51 bits per heavy atom. The van der Waals surface area contributed by atoms with E-state index < -0.39 is 5.60 Å². The van der Waals surface area contributed by atoms with Gasteiger partial charge < -0.3 is 24.6 Å². The fourth-order valence-electron chi connectivity index (χ4n) is 3.81. The summed E-state index contributed by atoms with van der Waals surface area (Å²) in [5.41, 5.74) is 1.78. The molecule has 1 fully saturated rings. The fraction of sp³-hybridized carbons (Fsp3) is 0.481. The Labute approximate surface area is 216 Å². The zero-order chi connectivity index (χ0) is 25.6. The number of amides is 2. The van der Waals surface area contributed by atoms with E-state index in [1.807, 2.05) is 51.1 Å². The number of nitrogens with one attached hydrogen (secondary N) is 1. The molecule has 0 bridgehead atoms. The molecule has 8 heteroatoms. The molecule has 3 rings (SSSR count). The van der Waals surface area contributed by atoms with Crippen molar-refractivity contribution in [2.45, 2.75) is 58.6 Å². The lowest BCUT2D eigenvalue weighted by atomic mass is 10.2. The first-order valence-corrected chi connectivity index (χ1v) is 12.9. The highest BCUT2D eigenvalue weighted by Crippen LogP contribution is 2.31. The molecule has 0 spiro atoms. The third-order valence-electron chi connectivity index (χ3n) is 5.84. The number of anilines is 2. The van der Waals surface area contributed by atoms with Crippen molar-refractivity contribution in [1.29, 1.82) is 0 Å². The van der Waals surface area contributed by atoms with E-state index in [4.69, 9.17) is 9.47 Å². The van der Waals surface area contributed by atoms with Crippen LogP contribution in [-0.2, 0) is 4.74 Å². The van der Waals surface area contributed by atoms with Crippen molar-refractivity contribution in [3.8, 4) is 5.75 Å². The summed E-state index contributed by atoms with van der Waals surface area (Å²) in [6, 6.07) is 13.1. The van der Waals surface area contributed by atoms with Crippen LogP contribution >= 0.6 is 15.9 Å². The highest BCUT2D eigenvalue weighted by Gasteiger charge is 2.31. The molecule has 0 saturated carbocycles. The Kier molecular flexibility index (Phi) is 9.05. The third-order valence-corrected chi connectivity index (χ3v) is 6.50. The Balaban J connectivity index is 1.58. The molecule has 1 aliphatic heterocycles. The molecular weight excluding hydrogens is 510 g/mol. The molecule has 1 heterocycles. The van der Waals surface area contributed by atoms with Crippen molar-refractivity contribution in [2.75, 3.05) is 37.0 Å². The van der Waals surface area contributed by atoms with Crippen LogP contribution in [-0.4, -0.2) is 55.3 Å². The van der Waals surface area contributed by atoms with Crippen molar-refractivity contribution in [1.82, 2.24) is 4.90 Å². The van der Waals surface area contributed by atoms with Crippen LogP contribution in [0.15, 0.2) is 46.9 Å². The van der Waals surface area contributed by atoms with Gasteiger partial charge in [-0.05, 0) is 92.0 Å². The number of halogens is 1. The maximum absolute atomic E-state index is 12.7. The molecule has 7 nitrogen and oxygen atoms in total. The van der Waals surface area contributed by atoms with E-state index >= 15 is 0 Å². The van der Waals surface area contributed by atoms with Crippen LogP contribution < -0.4 is 15.0 Å². The molecular formula is C27H36BrN3O4. The third kappa shape index (κ3) is 7.62. The Morgan fingerprint density at radius 1 is 1.17 bits per heavy atom. The number of carbonyl (C=O) groups excluding carboxylic acids is 2. The molecule has 2 aromatic rings. The molecule has 0 aliphatic carbocycles. The second-order valence-corrected chi connectivity index (χ2v) is 10.7. The zero-order valence-corrected chi connectivity index (χ0v) is 22.9. The average molecular weight is 547 g/mol. The van der Waals surface area contributed by atoms with E-state index in [1.54, 1.807) is 24.1 Å². The molecule has 190 valence electrons. The van der Waals surface area contributed by atoms with E-state index in [0.717, 1.165) is 48.3 Å². The number of benzene rings is 2. The summed E-state index contributed by atoms with van der Waals surface area (Å²) < 4.78 is 12.0. The second kappa shape index (κ2) is 11.8.